The number of likely N-dealkylation sites (tertiary alicyclic amines) is 1. The molecule has 2 aliphatic heterocycles. The lowest BCUT2D eigenvalue weighted by Crippen LogP contribution is -2.73. The summed E-state index contributed by atoms with van der Waals surface area (Å²) >= 11 is 0. The number of amides is 2. The highest BCUT2D eigenvalue weighted by Gasteiger charge is 2.53. The summed E-state index contributed by atoms with van der Waals surface area (Å²) in [5, 5.41) is 3.21. The molecule has 3 fully saturated rings. The van der Waals surface area contributed by atoms with E-state index < -0.39 is 5.54 Å². The van der Waals surface area contributed by atoms with Crippen LogP contribution in [0.15, 0.2) is 42.6 Å². The summed E-state index contributed by atoms with van der Waals surface area (Å²) in [6.07, 6.45) is 12.1. The quantitative estimate of drug-likeness (QED) is 0.454. The van der Waals surface area contributed by atoms with E-state index in [0.717, 1.165) is 50.2 Å². The van der Waals surface area contributed by atoms with Crippen LogP contribution in [0, 0.1) is 12.8 Å². The number of piperidine rings is 1. The zero-order chi connectivity index (χ0) is 27.2. The number of ether oxygens (including phenoxy) is 1. The molecule has 7 heteroatoms. The molecule has 0 unspecified atom stereocenters. The van der Waals surface area contributed by atoms with Crippen molar-refractivity contribution >= 4 is 11.8 Å². The summed E-state index contributed by atoms with van der Waals surface area (Å²) in [6.45, 7) is 7.24. The number of piperazine rings is 1. The zero-order valence-electron chi connectivity index (χ0n) is 23.7. The third kappa shape index (κ3) is 6.46. The third-order valence-corrected chi connectivity index (χ3v) is 8.96. The second kappa shape index (κ2) is 12.5. The maximum atomic E-state index is 13.8. The monoisotopic (exact) mass is 532 g/mol. The summed E-state index contributed by atoms with van der Waals surface area (Å²) < 4.78 is 5.87. The van der Waals surface area contributed by atoms with E-state index in [0.29, 0.717) is 31.2 Å². The van der Waals surface area contributed by atoms with Crippen molar-refractivity contribution in [1.29, 1.82) is 0 Å². The van der Waals surface area contributed by atoms with E-state index in [4.69, 9.17) is 4.74 Å². The molecule has 1 aromatic carbocycles. The number of carbonyl (C=O) groups excluding carboxylic acids is 2. The van der Waals surface area contributed by atoms with Gasteiger partial charge in [-0.2, -0.15) is 0 Å². The Balaban J connectivity index is 1.19. The first-order chi connectivity index (χ1) is 19.0. The van der Waals surface area contributed by atoms with Gasteiger partial charge in [0.25, 0.3) is 0 Å². The largest absolute Gasteiger partial charge is 0.439 e. The molecule has 2 aromatic rings. The number of rotatable bonds is 9. The predicted octanol–water partition coefficient (Wildman–Crippen LogP) is 5.61. The lowest BCUT2D eigenvalue weighted by molar-refractivity contribution is -0.162. The van der Waals surface area contributed by atoms with Gasteiger partial charge in [0.2, 0.25) is 17.7 Å². The molecule has 1 spiro atoms. The van der Waals surface area contributed by atoms with Gasteiger partial charge in [-0.1, -0.05) is 63.6 Å². The van der Waals surface area contributed by atoms with E-state index >= 15 is 0 Å². The van der Waals surface area contributed by atoms with Crippen LogP contribution in [-0.4, -0.2) is 57.8 Å². The molecule has 0 bridgehead atoms. The average Bonchev–Trinajstić information content (AvgIpc) is 2.96. The number of hydrogen-bond acceptors (Lipinski definition) is 5. The fourth-order valence-electron chi connectivity index (χ4n) is 6.57. The molecule has 5 rings (SSSR count). The minimum atomic E-state index is -0.704. The molecule has 1 atom stereocenters. The number of carbonyl (C=O) groups is 2. The van der Waals surface area contributed by atoms with Crippen molar-refractivity contribution in [2.75, 3.05) is 19.6 Å². The van der Waals surface area contributed by atoms with Gasteiger partial charge in [-0.15, -0.1) is 0 Å². The molecule has 1 aromatic heterocycles. The van der Waals surface area contributed by atoms with Gasteiger partial charge in [0, 0.05) is 38.4 Å². The van der Waals surface area contributed by atoms with Gasteiger partial charge >= 0.3 is 0 Å². The molecule has 3 heterocycles. The third-order valence-electron chi connectivity index (χ3n) is 8.96. The molecule has 1 N–H and O–H groups in total. The summed E-state index contributed by atoms with van der Waals surface area (Å²) in [6, 6.07) is 11.7. The molecule has 7 nitrogen and oxygen atoms in total. The lowest BCUT2D eigenvalue weighted by Gasteiger charge is -2.52. The van der Waals surface area contributed by atoms with Crippen LogP contribution in [0.5, 0.6) is 11.6 Å². The number of nitrogens with zero attached hydrogens (tertiary/aromatic N) is 3. The fraction of sp³-hybridized carbons (Fsp3) is 0.594. The Morgan fingerprint density at radius 2 is 1.77 bits per heavy atom. The summed E-state index contributed by atoms with van der Waals surface area (Å²) in [5.74, 6) is 2.13. The Morgan fingerprint density at radius 3 is 2.44 bits per heavy atom. The maximum Gasteiger partial charge on any atom is 0.246 e. The number of aryl methyl sites for hydroxylation is 1. The van der Waals surface area contributed by atoms with Crippen LogP contribution in [0.4, 0.5) is 0 Å². The second-order valence-corrected chi connectivity index (χ2v) is 11.8. The van der Waals surface area contributed by atoms with E-state index in [1.165, 1.54) is 37.7 Å². The number of benzene rings is 1. The summed E-state index contributed by atoms with van der Waals surface area (Å²) in [4.78, 5) is 36.1. The molecule has 1 aliphatic carbocycles. The van der Waals surface area contributed by atoms with Crippen LogP contribution in [-0.2, 0) is 16.1 Å². The number of pyridine rings is 1. The van der Waals surface area contributed by atoms with Crippen LogP contribution < -0.4 is 10.1 Å². The number of aromatic nitrogens is 1. The highest BCUT2D eigenvalue weighted by molar-refractivity contribution is 6.00. The molecule has 1 saturated carbocycles. The zero-order valence-corrected chi connectivity index (χ0v) is 23.7. The fourth-order valence-corrected chi connectivity index (χ4v) is 6.57. The molecular formula is C32H44N4O3. The Kier molecular flexibility index (Phi) is 8.85. The lowest BCUT2D eigenvalue weighted by atomic mass is 9.79. The Morgan fingerprint density at radius 1 is 1.03 bits per heavy atom. The van der Waals surface area contributed by atoms with Gasteiger partial charge in [0.15, 0.2) is 0 Å². The highest BCUT2D eigenvalue weighted by Crippen LogP contribution is 2.36. The first-order valence-corrected chi connectivity index (χ1v) is 15.0. The predicted molar refractivity (Wildman–Crippen MR) is 152 cm³/mol. The van der Waals surface area contributed by atoms with E-state index in [9.17, 15) is 9.59 Å². The average molecular weight is 533 g/mol. The summed E-state index contributed by atoms with van der Waals surface area (Å²) in [7, 11) is 0. The van der Waals surface area contributed by atoms with Crippen molar-refractivity contribution in [2.45, 2.75) is 96.2 Å². The molecule has 3 aliphatic rings. The minimum absolute atomic E-state index is 0.0740. The Bertz CT molecular complexity index is 1100. The first kappa shape index (κ1) is 27.6. The van der Waals surface area contributed by atoms with E-state index in [1.54, 1.807) is 6.20 Å². The highest BCUT2D eigenvalue weighted by atomic mass is 16.5. The van der Waals surface area contributed by atoms with Gasteiger partial charge in [-0.3, -0.25) is 14.5 Å². The number of unbranched alkanes of at least 4 members (excludes halogenated alkanes) is 1. The minimum Gasteiger partial charge on any atom is -0.439 e. The standard InChI is InChI=1S/C32H44N4O3/c1-3-4-18-36-30(37)28(21-25-8-6-5-7-9-25)34-31(38)32(36)16-19-35(20-17-32)23-26-11-13-27(14-12-26)39-29-15-10-24(2)22-33-29/h10-15,22,25,28H,3-9,16-21,23H2,1-2H3,(H,34,38)/t28-/m0/s1. The molecule has 2 amide bonds. The van der Waals surface area contributed by atoms with Crippen LogP contribution in [0.3, 0.4) is 0 Å². The topological polar surface area (TPSA) is 74.8 Å². The SMILES string of the molecule is CCCCN1C(=O)[C@H](CC2CCCCC2)NC(=O)C12CCN(Cc1ccc(Oc3ccc(C)cn3)cc1)CC2. The normalized spacial score (nSPS) is 22.2. The summed E-state index contributed by atoms with van der Waals surface area (Å²) in [5.41, 5.74) is 1.60. The van der Waals surface area contributed by atoms with Gasteiger partial charge in [-0.05, 0) is 61.8 Å². The van der Waals surface area contributed by atoms with Crippen LogP contribution in [0.25, 0.3) is 0 Å². The smallest absolute Gasteiger partial charge is 0.246 e. The van der Waals surface area contributed by atoms with Crippen molar-refractivity contribution in [1.82, 2.24) is 20.1 Å². The molecule has 210 valence electrons. The Hall–Kier alpha value is -2.93. The molecule has 2 saturated heterocycles. The molecular weight excluding hydrogens is 488 g/mol. The van der Waals surface area contributed by atoms with Crippen molar-refractivity contribution in [3.05, 3.63) is 53.7 Å². The van der Waals surface area contributed by atoms with Crippen molar-refractivity contribution in [2.24, 2.45) is 5.92 Å². The van der Waals surface area contributed by atoms with Crippen LogP contribution in [0.1, 0.15) is 82.3 Å². The van der Waals surface area contributed by atoms with Crippen LogP contribution >= 0.6 is 0 Å². The first-order valence-electron chi connectivity index (χ1n) is 15.0. The second-order valence-electron chi connectivity index (χ2n) is 11.8. The van der Waals surface area contributed by atoms with Crippen molar-refractivity contribution in [3.63, 3.8) is 0 Å². The molecule has 39 heavy (non-hydrogen) atoms. The van der Waals surface area contributed by atoms with Gasteiger partial charge in [0.05, 0.1) is 0 Å². The van der Waals surface area contributed by atoms with Gasteiger partial charge < -0.3 is 15.0 Å². The van der Waals surface area contributed by atoms with E-state index in [1.807, 2.05) is 36.1 Å². The van der Waals surface area contributed by atoms with E-state index in [-0.39, 0.29) is 17.9 Å². The Labute approximate surface area is 233 Å². The van der Waals surface area contributed by atoms with Crippen molar-refractivity contribution < 1.29 is 14.3 Å². The number of hydrogen-bond donors (Lipinski definition) is 1. The number of nitrogens with one attached hydrogen (secondary N) is 1. The van der Waals surface area contributed by atoms with Gasteiger partial charge in [0.1, 0.15) is 17.3 Å². The van der Waals surface area contributed by atoms with Gasteiger partial charge in [-0.25, -0.2) is 4.98 Å². The van der Waals surface area contributed by atoms with E-state index in [2.05, 4.69) is 34.3 Å². The van der Waals surface area contributed by atoms with Crippen LogP contribution in [0.2, 0.25) is 0 Å². The molecule has 0 radical (unpaired) electrons. The van der Waals surface area contributed by atoms with Crippen molar-refractivity contribution in [3.8, 4) is 11.6 Å². The maximum absolute atomic E-state index is 13.8.